The molecule has 7 heteroatoms. The molecule has 0 aromatic carbocycles. The number of anilines is 1. The van der Waals surface area contributed by atoms with Crippen LogP contribution in [-0.2, 0) is 0 Å². The lowest BCUT2D eigenvalue weighted by atomic mass is 10.4. The minimum absolute atomic E-state index is 0.281. The summed E-state index contributed by atoms with van der Waals surface area (Å²) in [4.78, 5) is 14.7. The van der Waals surface area contributed by atoms with Gasteiger partial charge in [-0.15, -0.1) is 0 Å². The fourth-order valence-corrected chi connectivity index (χ4v) is 2.10. The van der Waals surface area contributed by atoms with Crippen molar-refractivity contribution in [1.82, 2.24) is 14.6 Å². The minimum atomic E-state index is 0.281. The van der Waals surface area contributed by atoms with Crippen LogP contribution in [0.15, 0.2) is 10.8 Å². The Morgan fingerprint density at radius 3 is 3.00 bits per heavy atom. The number of ether oxygens (including phenoxy) is 1. The lowest BCUT2D eigenvalue weighted by Crippen LogP contribution is -2.01. The van der Waals surface area contributed by atoms with Crippen LogP contribution >= 0.6 is 15.9 Å². The molecule has 0 aliphatic carbocycles. The molecule has 2 rings (SSSR count). The fraction of sp³-hybridized carbons (Fsp3) is 0.125. The molecular formula is C8H7BrN4O2. The number of nitrogens with two attached hydrogens (primary N) is 1. The summed E-state index contributed by atoms with van der Waals surface area (Å²) in [5.41, 5.74) is 6.50. The van der Waals surface area contributed by atoms with Crippen LogP contribution in [0.1, 0.15) is 10.5 Å². The van der Waals surface area contributed by atoms with Gasteiger partial charge in [0.05, 0.1) is 11.6 Å². The summed E-state index contributed by atoms with van der Waals surface area (Å²) in [6, 6.07) is 0. The van der Waals surface area contributed by atoms with Crippen molar-refractivity contribution < 1.29 is 9.53 Å². The van der Waals surface area contributed by atoms with Crippen molar-refractivity contribution in [2.24, 2.45) is 0 Å². The van der Waals surface area contributed by atoms with Gasteiger partial charge in [-0.3, -0.25) is 4.79 Å². The Bertz CT molecular complexity index is 537. The molecule has 0 radical (unpaired) electrons. The average molecular weight is 271 g/mol. The van der Waals surface area contributed by atoms with Crippen LogP contribution in [-0.4, -0.2) is 28.0 Å². The fourth-order valence-electron chi connectivity index (χ4n) is 1.37. The van der Waals surface area contributed by atoms with E-state index in [1.807, 2.05) is 0 Å². The molecule has 0 unspecified atom stereocenters. The normalized spacial score (nSPS) is 10.5. The number of rotatable bonds is 2. The molecule has 2 heterocycles. The Kier molecular flexibility index (Phi) is 2.31. The highest BCUT2D eigenvalue weighted by Crippen LogP contribution is 2.35. The van der Waals surface area contributed by atoms with E-state index in [2.05, 4.69) is 26.0 Å². The summed E-state index contributed by atoms with van der Waals surface area (Å²) < 4.78 is 7.05. The zero-order valence-electron chi connectivity index (χ0n) is 7.77. The molecule has 0 spiro atoms. The zero-order chi connectivity index (χ0) is 11.0. The van der Waals surface area contributed by atoms with E-state index in [0.29, 0.717) is 27.7 Å². The molecule has 2 aromatic heterocycles. The molecule has 0 amide bonds. The van der Waals surface area contributed by atoms with Crippen molar-refractivity contribution in [3.8, 4) is 5.75 Å². The largest absolute Gasteiger partial charge is 0.493 e. The Morgan fingerprint density at radius 2 is 2.40 bits per heavy atom. The SMILES string of the molecule is COc1c(Br)c2c(N)ncnn2c1C=O. The zero-order valence-corrected chi connectivity index (χ0v) is 9.35. The van der Waals surface area contributed by atoms with Crippen LogP contribution in [0.5, 0.6) is 5.75 Å². The molecule has 6 nitrogen and oxygen atoms in total. The molecule has 0 atom stereocenters. The second-order valence-corrected chi connectivity index (χ2v) is 3.55. The van der Waals surface area contributed by atoms with Gasteiger partial charge in [0.1, 0.15) is 17.5 Å². The molecule has 0 bridgehead atoms. The van der Waals surface area contributed by atoms with E-state index < -0.39 is 0 Å². The van der Waals surface area contributed by atoms with Crippen LogP contribution < -0.4 is 10.5 Å². The van der Waals surface area contributed by atoms with Gasteiger partial charge in [0.15, 0.2) is 17.9 Å². The van der Waals surface area contributed by atoms with Crippen molar-refractivity contribution in [2.75, 3.05) is 12.8 Å². The van der Waals surface area contributed by atoms with Crippen LogP contribution in [0.4, 0.5) is 5.82 Å². The van der Waals surface area contributed by atoms with Crippen molar-refractivity contribution >= 4 is 33.6 Å². The van der Waals surface area contributed by atoms with Crippen molar-refractivity contribution in [2.45, 2.75) is 0 Å². The predicted octanol–water partition coefficient (Wildman–Crippen LogP) is 0.895. The van der Waals surface area contributed by atoms with E-state index >= 15 is 0 Å². The smallest absolute Gasteiger partial charge is 0.172 e. The van der Waals surface area contributed by atoms with E-state index in [4.69, 9.17) is 10.5 Å². The second kappa shape index (κ2) is 3.50. The molecule has 2 N–H and O–H groups in total. The number of methoxy groups -OCH3 is 1. The van der Waals surface area contributed by atoms with E-state index in [9.17, 15) is 4.79 Å². The van der Waals surface area contributed by atoms with Crippen LogP contribution in [0, 0.1) is 0 Å². The summed E-state index contributed by atoms with van der Waals surface area (Å²) >= 11 is 3.29. The lowest BCUT2D eigenvalue weighted by Gasteiger charge is -1.96. The van der Waals surface area contributed by atoms with E-state index in [0.717, 1.165) is 0 Å². The Balaban J connectivity index is 2.97. The second-order valence-electron chi connectivity index (χ2n) is 2.76. The first-order chi connectivity index (χ1) is 7.20. The van der Waals surface area contributed by atoms with Gasteiger partial charge in [0, 0.05) is 0 Å². The summed E-state index contributed by atoms with van der Waals surface area (Å²) in [6.45, 7) is 0. The highest BCUT2D eigenvalue weighted by atomic mass is 79.9. The minimum Gasteiger partial charge on any atom is -0.493 e. The van der Waals surface area contributed by atoms with Gasteiger partial charge in [0.2, 0.25) is 0 Å². The molecule has 0 saturated heterocycles. The number of aromatic nitrogens is 3. The topological polar surface area (TPSA) is 82.5 Å². The molecule has 0 aliphatic heterocycles. The maximum Gasteiger partial charge on any atom is 0.172 e. The number of hydrogen-bond donors (Lipinski definition) is 1. The number of nitrogens with zero attached hydrogens (tertiary/aromatic N) is 3. The van der Waals surface area contributed by atoms with Crippen LogP contribution in [0.2, 0.25) is 0 Å². The Labute approximate surface area is 93.2 Å². The van der Waals surface area contributed by atoms with Gasteiger partial charge in [-0.1, -0.05) is 0 Å². The number of fused-ring (bicyclic) bond motifs is 1. The molecule has 78 valence electrons. The molecule has 2 aromatic rings. The number of nitrogen functional groups attached to an aromatic ring is 1. The number of carbonyl (C=O) groups is 1. The van der Waals surface area contributed by atoms with Crippen molar-refractivity contribution in [3.05, 3.63) is 16.5 Å². The predicted molar refractivity (Wildman–Crippen MR) is 57.0 cm³/mol. The third-order valence-electron chi connectivity index (χ3n) is 2.00. The number of hydrogen-bond acceptors (Lipinski definition) is 5. The molecule has 15 heavy (non-hydrogen) atoms. The summed E-state index contributed by atoms with van der Waals surface area (Å²) in [6.07, 6.45) is 1.93. The Morgan fingerprint density at radius 1 is 1.67 bits per heavy atom. The molecule has 0 aliphatic rings. The highest BCUT2D eigenvalue weighted by Gasteiger charge is 2.19. The third-order valence-corrected chi connectivity index (χ3v) is 2.74. The number of carbonyl (C=O) groups excluding carboxylic acids is 1. The van der Waals surface area contributed by atoms with Gasteiger partial charge in [-0.25, -0.2) is 9.50 Å². The van der Waals surface area contributed by atoms with Gasteiger partial charge in [-0.2, -0.15) is 5.10 Å². The molecular weight excluding hydrogens is 264 g/mol. The lowest BCUT2D eigenvalue weighted by molar-refractivity contribution is 0.111. The van der Waals surface area contributed by atoms with Gasteiger partial charge in [0.25, 0.3) is 0 Å². The van der Waals surface area contributed by atoms with Crippen LogP contribution in [0.3, 0.4) is 0 Å². The van der Waals surface area contributed by atoms with Crippen LogP contribution in [0.25, 0.3) is 5.52 Å². The first-order valence-corrected chi connectivity index (χ1v) is 4.79. The molecule has 0 fully saturated rings. The average Bonchev–Trinajstić information content (AvgIpc) is 2.52. The maximum absolute atomic E-state index is 10.9. The Hall–Kier alpha value is -1.63. The monoisotopic (exact) mass is 270 g/mol. The van der Waals surface area contributed by atoms with Gasteiger partial charge >= 0.3 is 0 Å². The first kappa shape index (κ1) is 9.91. The van der Waals surface area contributed by atoms with E-state index in [1.165, 1.54) is 18.0 Å². The van der Waals surface area contributed by atoms with E-state index in [-0.39, 0.29) is 5.82 Å². The number of halogens is 1. The highest BCUT2D eigenvalue weighted by molar-refractivity contribution is 9.10. The van der Waals surface area contributed by atoms with E-state index in [1.54, 1.807) is 0 Å². The molecule has 0 saturated carbocycles. The third kappa shape index (κ3) is 1.27. The quantitative estimate of drug-likeness (QED) is 0.820. The van der Waals surface area contributed by atoms with Crippen molar-refractivity contribution in [1.29, 1.82) is 0 Å². The number of aldehydes is 1. The van der Waals surface area contributed by atoms with Gasteiger partial charge in [-0.05, 0) is 15.9 Å². The maximum atomic E-state index is 10.9. The first-order valence-electron chi connectivity index (χ1n) is 4.00. The summed E-state index contributed by atoms with van der Waals surface area (Å²) in [5.74, 6) is 0.681. The van der Waals surface area contributed by atoms with Gasteiger partial charge < -0.3 is 10.5 Å². The standard InChI is InChI=1S/C8H7BrN4O2/c1-15-7-4(2-14)13-6(5(7)9)8(10)11-3-12-13/h2-3H,1H3,(H2,10,11,12). The summed E-state index contributed by atoms with van der Waals surface area (Å²) in [7, 11) is 1.47. The summed E-state index contributed by atoms with van der Waals surface area (Å²) in [5, 5.41) is 3.93. The van der Waals surface area contributed by atoms with Crippen molar-refractivity contribution in [3.63, 3.8) is 0 Å².